The summed E-state index contributed by atoms with van der Waals surface area (Å²) in [5.41, 5.74) is 3.39. The number of hydrogen-bond acceptors (Lipinski definition) is 7. The largest absolute Gasteiger partial charge is 0.354 e. The number of halogens is 1. The quantitative estimate of drug-likeness (QED) is 0.439. The van der Waals surface area contributed by atoms with Crippen LogP contribution in [-0.2, 0) is 6.42 Å². The first-order chi connectivity index (χ1) is 16.0. The highest BCUT2D eigenvalue weighted by molar-refractivity contribution is 5.98. The summed E-state index contributed by atoms with van der Waals surface area (Å²) in [6, 6.07) is 8.80. The number of ketones is 1. The summed E-state index contributed by atoms with van der Waals surface area (Å²) < 4.78 is 13.6. The van der Waals surface area contributed by atoms with E-state index < -0.39 is 5.82 Å². The summed E-state index contributed by atoms with van der Waals surface area (Å²) in [6.45, 7) is 3.73. The van der Waals surface area contributed by atoms with Crippen LogP contribution in [-0.4, -0.2) is 63.8 Å². The Balaban J connectivity index is 1.36. The zero-order valence-corrected chi connectivity index (χ0v) is 18.3. The van der Waals surface area contributed by atoms with Gasteiger partial charge >= 0.3 is 0 Å². The van der Waals surface area contributed by atoms with Crippen molar-refractivity contribution < 1.29 is 9.18 Å². The molecule has 1 fully saturated rings. The number of hydrogen-bond donors (Lipinski definition) is 0. The van der Waals surface area contributed by atoms with Gasteiger partial charge in [-0.25, -0.2) is 9.37 Å². The van der Waals surface area contributed by atoms with E-state index in [1.54, 1.807) is 30.9 Å². The number of Topliss-reactive ketones (excluding diaryl/α,β-unsaturated/α-hetero) is 1. The van der Waals surface area contributed by atoms with Gasteiger partial charge in [-0.1, -0.05) is 0 Å². The smallest absolute Gasteiger partial charge is 0.169 e. The molecule has 7 nitrogen and oxygen atoms in total. The number of aromatic nitrogens is 4. The molecule has 1 aliphatic heterocycles. The van der Waals surface area contributed by atoms with Crippen LogP contribution in [0.5, 0.6) is 0 Å². The molecule has 5 heterocycles. The third kappa shape index (κ3) is 4.70. The molecule has 8 heteroatoms. The van der Waals surface area contributed by atoms with Gasteiger partial charge in [0.05, 0.1) is 24.3 Å². The number of anilines is 1. The van der Waals surface area contributed by atoms with Crippen LogP contribution in [0.2, 0.25) is 0 Å². The van der Waals surface area contributed by atoms with E-state index in [1.165, 1.54) is 12.3 Å². The number of piperazine rings is 1. The molecule has 1 aliphatic rings. The molecule has 4 aromatic heterocycles. The van der Waals surface area contributed by atoms with Gasteiger partial charge in [-0.15, -0.1) is 0 Å². The maximum Gasteiger partial charge on any atom is 0.169 e. The maximum absolute atomic E-state index is 13.6. The Morgan fingerprint density at radius 1 is 0.939 bits per heavy atom. The van der Waals surface area contributed by atoms with Crippen LogP contribution >= 0.6 is 0 Å². The van der Waals surface area contributed by atoms with Crippen molar-refractivity contribution in [3.8, 4) is 11.1 Å². The molecule has 33 heavy (non-hydrogen) atoms. The Morgan fingerprint density at radius 2 is 1.76 bits per heavy atom. The van der Waals surface area contributed by atoms with Gasteiger partial charge in [-0.05, 0) is 37.4 Å². The van der Waals surface area contributed by atoms with Crippen molar-refractivity contribution in [1.82, 2.24) is 24.8 Å². The number of pyridine rings is 4. The Morgan fingerprint density at radius 3 is 2.58 bits per heavy atom. The lowest BCUT2D eigenvalue weighted by Gasteiger charge is -2.33. The van der Waals surface area contributed by atoms with E-state index in [1.807, 2.05) is 18.2 Å². The Bertz CT molecular complexity index is 1320. The summed E-state index contributed by atoms with van der Waals surface area (Å²) in [4.78, 5) is 34.7. The molecule has 0 bridgehead atoms. The molecule has 0 N–H and O–H groups in total. The van der Waals surface area contributed by atoms with Crippen LogP contribution in [0.25, 0.3) is 22.0 Å². The Labute approximate surface area is 191 Å². The minimum atomic E-state index is -0.401. The highest BCUT2D eigenvalue weighted by atomic mass is 19.1. The standard InChI is InChI=1S/C25H23FN6O/c1-31-4-6-32(7-5-31)25-11-17(2-3-28-25)24(33)12-22-10-18-8-19(14-30-23(18)16-29-22)20-9-21(26)15-27-13-20/h2-3,8-11,13-16H,4-7,12H2,1H3. The van der Waals surface area contributed by atoms with E-state index >= 15 is 0 Å². The third-order valence-electron chi connectivity index (χ3n) is 5.90. The second-order valence-electron chi connectivity index (χ2n) is 8.28. The highest BCUT2D eigenvalue weighted by Gasteiger charge is 2.17. The van der Waals surface area contributed by atoms with Gasteiger partial charge < -0.3 is 9.80 Å². The van der Waals surface area contributed by atoms with Crippen LogP contribution in [0, 0.1) is 5.82 Å². The molecule has 0 unspecified atom stereocenters. The van der Waals surface area contributed by atoms with E-state index in [2.05, 4.69) is 36.8 Å². The molecule has 0 radical (unpaired) electrons. The van der Waals surface area contributed by atoms with Crippen LogP contribution in [0.15, 0.2) is 61.3 Å². The van der Waals surface area contributed by atoms with Crippen molar-refractivity contribution >= 4 is 22.5 Å². The number of likely N-dealkylation sites (N-methyl/N-ethyl adjacent to an activating group) is 1. The average Bonchev–Trinajstić information content (AvgIpc) is 2.84. The van der Waals surface area contributed by atoms with Gasteiger partial charge in [-0.3, -0.25) is 19.7 Å². The normalized spacial score (nSPS) is 14.5. The summed E-state index contributed by atoms with van der Waals surface area (Å²) in [6.07, 6.45) is 7.96. The van der Waals surface area contributed by atoms with E-state index in [4.69, 9.17) is 0 Å². The first kappa shape index (κ1) is 21.1. The van der Waals surface area contributed by atoms with Gasteiger partial charge in [0.15, 0.2) is 5.78 Å². The number of nitrogens with zero attached hydrogens (tertiary/aromatic N) is 6. The number of fused-ring (bicyclic) bond motifs is 1. The lowest BCUT2D eigenvalue weighted by Crippen LogP contribution is -2.44. The predicted molar refractivity (Wildman–Crippen MR) is 125 cm³/mol. The first-order valence-corrected chi connectivity index (χ1v) is 10.8. The minimum absolute atomic E-state index is 0.0157. The lowest BCUT2D eigenvalue weighted by molar-refractivity contribution is 0.0992. The summed E-state index contributed by atoms with van der Waals surface area (Å²) in [5, 5.41) is 0.836. The van der Waals surface area contributed by atoms with Crippen molar-refractivity contribution in [2.75, 3.05) is 38.1 Å². The zero-order chi connectivity index (χ0) is 22.8. The molecular weight excluding hydrogens is 419 g/mol. The van der Waals surface area contributed by atoms with Crippen molar-refractivity contribution in [2.45, 2.75) is 6.42 Å². The highest BCUT2D eigenvalue weighted by Crippen LogP contribution is 2.23. The van der Waals surface area contributed by atoms with Gasteiger partial charge in [0.1, 0.15) is 11.6 Å². The first-order valence-electron chi connectivity index (χ1n) is 10.8. The Hall–Kier alpha value is -3.78. The fraction of sp³-hybridized carbons (Fsp3) is 0.240. The molecule has 5 rings (SSSR count). The fourth-order valence-electron chi connectivity index (χ4n) is 3.97. The molecule has 0 aliphatic carbocycles. The van der Waals surface area contributed by atoms with E-state index in [9.17, 15) is 9.18 Å². The summed E-state index contributed by atoms with van der Waals surface area (Å²) in [5.74, 6) is 0.415. The van der Waals surface area contributed by atoms with Crippen molar-refractivity contribution in [3.05, 3.63) is 78.4 Å². The molecule has 166 valence electrons. The molecule has 0 aromatic carbocycles. The number of carbonyl (C=O) groups excluding carboxylic acids is 1. The van der Waals surface area contributed by atoms with Gasteiger partial charge in [0, 0.05) is 72.5 Å². The average molecular weight is 442 g/mol. The van der Waals surface area contributed by atoms with Crippen LogP contribution in [0.3, 0.4) is 0 Å². The Kier molecular flexibility index (Phi) is 5.75. The van der Waals surface area contributed by atoms with E-state index in [-0.39, 0.29) is 12.2 Å². The van der Waals surface area contributed by atoms with Crippen molar-refractivity contribution in [1.29, 1.82) is 0 Å². The molecule has 0 saturated carbocycles. The molecule has 4 aromatic rings. The third-order valence-corrected chi connectivity index (χ3v) is 5.90. The van der Waals surface area contributed by atoms with Crippen LogP contribution in [0.1, 0.15) is 16.1 Å². The van der Waals surface area contributed by atoms with Gasteiger partial charge in [-0.2, -0.15) is 0 Å². The summed E-state index contributed by atoms with van der Waals surface area (Å²) in [7, 11) is 2.11. The number of rotatable bonds is 5. The summed E-state index contributed by atoms with van der Waals surface area (Å²) >= 11 is 0. The second-order valence-corrected chi connectivity index (χ2v) is 8.28. The molecular formula is C25H23FN6O. The molecule has 1 saturated heterocycles. The fourth-order valence-corrected chi connectivity index (χ4v) is 3.97. The van der Waals surface area contributed by atoms with Crippen LogP contribution < -0.4 is 4.90 Å². The monoisotopic (exact) mass is 442 g/mol. The minimum Gasteiger partial charge on any atom is -0.354 e. The SMILES string of the molecule is CN1CCN(c2cc(C(=O)Cc3cc4cc(-c5cncc(F)c5)cnc4cn3)ccn2)CC1. The molecule has 0 spiro atoms. The molecule has 0 amide bonds. The topological polar surface area (TPSA) is 75.1 Å². The van der Waals surface area contributed by atoms with Crippen molar-refractivity contribution in [3.63, 3.8) is 0 Å². The number of carbonyl (C=O) groups is 1. The van der Waals surface area contributed by atoms with E-state index in [0.29, 0.717) is 22.3 Å². The predicted octanol–water partition coefficient (Wildman–Crippen LogP) is 3.40. The zero-order valence-electron chi connectivity index (χ0n) is 18.3. The lowest BCUT2D eigenvalue weighted by atomic mass is 10.0. The molecule has 0 atom stereocenters. The van der Waals surface area contributed by atoms with E-state index in [0.717, 1.165) is 42.9 Å². The van der Waals surface area contributed by atoms with Gasteiger partial charge in [0.2, 0.25) is 0 Å². The maximum atomic E-state index is 13.6. The second kappa shape index (κ2) is 8.99. The van der Waals surface area contributed by atoms with Gasteiger partial charge in [0.25, 0.3) is 0 Å². The van der Waals surface area contributed by atoms with Crippen molar-refractivity contribution in [2.24, 2.45) is 0 Å². The van der Waals surface area contributed by atoms with Crippen LogP contribution in [0.4, 0.5) is 10.2 Å².